The highest BCUT2D eigenvalue weighted by molar-refractivity contribution is 7.80. The van der Waals surface area contributed by atoms with Crippen molar-refractivity contribution in [1.29, 1.82) is 0 Å². The molecule has 0 aliphatic rings. The molecule has 2 atom stereocenters. The molecule has 13 heavy (non-hydrogen) atoms. The van der Waals surface area contributed by atoms with E-state index in [1.165, 1.54) is 6.42 Å². The van der Waals surface area contributed by atoms with Gasteiger partial charge in [-0.1, -0.05) is 68.7 Å². The lowest BCUT2D eigenvalue weighted by Crippen LogP contribution is -2.04. The summed E-state index contributed by atoms with van der Waals surface area (Å²) in [7, 11) is 0. The van der Waals surface area contributed by atoms with E-state index >= 15 is 0 Å². The van der Waals surface area contributed by atoms with Crippen LogP contribution < -0.4 is 0 Å². The van der Waals surface area contributed by atoms with Crippen LogP contribution in [0.1, 0.15) is 68.7 Å². The van der Waals surface area contributed by atoms with Gasteiger partial charge in [-0.05, 0) is 5.92 Å². The van der Waals surface area contributed by atoms with Crippen molar-refractivity contribution in [3.63, 3.8) is 0 Å². The van der Waals surface area contributed by atoms with Crippen LogP contribution >= 0.6 is 12.6 Å². The van der Waals surface area contributed by atoms with E-state index in [1.54, 1.807) is 0 Å². The van der Waals surface area contributed by atoms with Crippen LogP contribution in [0.4, 0.5) is 0 Å². The summed E-state index contributed by atoms with van der Waals surface area (Å²) in [6.07, 6.45) is 1.24. The second-order valence-corrected chi connectivity index (χ2v) is 2.94. The quantitative estimate of drug-likeness (QED) is 0.575. The minimum absolute atomic E-state index is 0.560. The van der Waals surface area contributed by atoms with Crippen molar-refractivity contribution in [3.05, 3.63) is 0 Å². The summed E-state index contributed by atoms with van der Waals surface area (Å²) < 4.78 is 0. The molecule has 0 rings (SSSR count). The van der Waals surface area contributed by atoms with E-state index in [-0.39, 0.29) is 0 Å². The Morgan fingerprint density at radius 3 is 1.08 bits per heavy atom. The lowest BCUT2D eigenvalue weighted by molar-refractivity contribution is 0.560. The first-order chi connectivity index (χ1) is 6.18. The van der Waals surface area contributed by atoms with E-state index in [4.69, 9.17) is 0 Å². The van der Waals surface area contributed by atoms with E-state index < -0.39 is 0 Å². The van der Waals surface area contributed by atoms with Gasteiger partial charge in [0.15, 0.2) is 0 Å². The van der Waals surface area contributed by atoms with E-state index in [1.807, 2.05) is 41.5 Å². The zero-order valence-corrected chi connectivity index (χ0v) is 12.2. The first-order valence-corrected chi connectivity index (χ1v) is 6.38. The van der Waals surface area contributed by atoms with E-state index in [0.717, 1.165) is 5.92 Å². The Bertz CT molecular complexity index is 42.4. The normalized spacial score (nSPS) is 11.5. The van der Waals surface area contributed by atoms with Crippen molar-refractivity contribution in [2.45, 2.75) is 74.0 Å². The molecule has 0 amide bonds. The first kappa shape index (κ1) is 23.3. The highest BCUT2D eigenvalue weighted by Gasteiger charge is 2.02. The van der Waals surface area contributed by atoms with Gasteiger partial charge in [0, 0.05) is 5.25 Å². The van der Waals surface area contributed by atoms with Crippen LogP contribution in [0.25, 0.3) is 0 Å². The smallest absolute Gasteiger partial charge is 0.00140 e. The van der Waals surface area contributed by atoms with E-state index in [9.17, 15) is 0 Å². The van der Waals surface area contributed by atoms with Gasteiger partial charge in [-0.2, -0.15) is 12.6 Å². The van der Waals surface area contributed by atoms with Crippen molar-refractivity contribution in [2.24, 2.45) is 5.92 Å². The van der Waals surface area contributed by atoms with Gasteiger partial charge in [0.1, 0.15) is 0 Å². The molecule has 0 bridgehead atoms. The number of thiol groups is 1. The fourth-order valence-corrected chi connectivity index (χ4v) is 0.552. The number of hydrogen-bond acceptors (Lipinski definition) is 1. The lowest BCUT2D eigenvalue weighted by Gasteiger charge is -2.09. The van der Waals surface area contributed by atoms with Gasteiger partial charge in [-0.3, -0.25) is 0 Å². The second-order valence-electron chi connectivity index (χ2n) is 2.13. The van der Waals surface area contributed by atoms with Crippen LogP contribution in [0, 0.1) is 5.92 Å². The van der Waals surface area contributed by atoms with Crippen molar-refractivity contribution < 1.29 is 0 Å². The molecule has 0 aromatic rings. The fourth-order valence-electron chi connectivity index (χ4n) is 0.341. The molecule has 0 nitrogen and oxygen atoms in total. The Morgan fingerprint density at radius 1 is 0.846 bits per heavy atom. The van der Waals surface area contributed by atoms with Gasteiger partial charge in [0.05, 0.1) is 0 Å². The molecular weight excluding hydrogens is 176 g/mol. The van der Waals surface area contributed by atoms with Gasteiger partial charge >= 0.3 is 0 Å². The van der Waals surface area contributed by atoms with E-state index in [0.29, 0.717) is 5.25 Å². The minimum Gasteiger partial charge on any atom is -0.176 e. The fraction of sp³-hybridized carbons (Fsp3) is 1.00. The molecule has 0 N–H and O–H groups in total. The predicted octanol–water partition coefficient (Wildman–Crippen LogP) is 5.43. The monoisotopic (exact) mass is 208 g/mol. The molecule has 0 aliphatic carbocycles. The van der Waals surface area contributed by atoms with E-state index in [2.05, 4.69) is 33.4 Å². The van der Waals surface area contributed by atoms with Crippen molar-refractivity contribution >= 4 is 12.6 Å². The molecule has 0 aromatic heterocycles. The summed E-state index contributed by atoms with van der Waals surface area (Å²) in [6, 6.07) is 0. The van der Waals surface area contributed by atoms with Crippen molar-refractivity contribution in [3.8, 4) is 0 Å². The largest absolute Gasteiger partial charge is 0.176 e. The summed E-state index contributed by atoms with van der Waals surface area (Å²) in [6.45, 7) is 18.5. The molecule has 0 fully saturated rings. The second kappa shape index (κ2) is 29.4. The zero-order chi connectivity index (χ0) is 11.9. The molecule has 0 aromatic carbocycles. The van der Waals surface area contributed by atoms with Gasteiger partial charge in [-0.25, -0.2) is 0 Å². The molecule has 0 aliphatic heterocycles. The van der Waals surface area contributed by atoms with Crippen molar-refractivity contribution in [2.75, 3.05) is 0 Å². The topological polar surface area (TPSA) is 0 Å². The van der Waals surface area contributed by atoms with Crippen LogP contribution in [0.3, 0.4) is 0 Å². The van der Waals surface area contributed by atoms with Gasteiger partial charge < -0.3 is 0 Å². The average molecular weight is 208 g/mol. The summed E-state index contributed by atoms with van der Waals surface area (Å²) in [4.78, 5) is 0. The molecule has 0 saturated heterocycles. The third-order valence-electron chi connectivity index (χ3n) is 1.47. The standard InChI is InChI=1S/C6H14S.3C2H6/c1-4-5(2)6(3)7;3*1-2/h5-7H,4H2,1-3H3;3*1-2H3. The summed E-state index contributed by atoms with van der Waals surface area (Å²) >= 11 is 4.27. The molecule has 2 unspecified atom stereocenters. The maximum atomic E-state index is 4.27. The first-order valence-electron chi connectivity index (χ1n) is 5.86. The molecular formula is C12H32S. The number of hydrogen-bond donors (Lipinski definition) is 1. The predicted molar refractivity (Wildman–Crippen MR) is 71.9 cm³/mol. The van der Waals surface area contributed by atoms with Crippen LogP contribution in [-0.2, 0) is 0 Å². The molecule has 0 radical (unpaired) electrons. The Hall–Kier alpha value is 0.350. The Balaban J connectivity index is -0.0000000573. The molecule has 0 spiro atoms. The average Bonchev–Trinajstić information content (AvgIpc) is 2.25. The van der Waals surface area contributed by atoms with Gasteiger partial charge in [0.25, 0.3) is 0 Å². The maximum absolute atomic E-state index is 4.27. The maximum Gasteiger partial charge on any atom is 0.00140 e. The summed E-state index contributed by atoms with van der Waals surface area (Å²) in [5.41, 5.74) is 0. The molecule has 0 saturated carbocycles. The number of rotatable bonds is 2. The Kier molecular flexibility index (Phi) is 52.8. The third kappa shape index (κ3) is 32.8. The third-order valence-corrected chi connectivity index (χ3v) is 1.98. The van der Waals surface area contributed by atoms with Gasteiger partial charge in [0.2, 0.25) is 0 Å². The zero-order valence-electron chi connectivity index (χ0n) is 11.3. The molecule has 0 heterocycles. The van der Waals surface area contributed by atoms with Crippen LogP contribution in [0.5, 0.6) is 0 Å². The Labute approximate surface area is 92.9 Å². The van der Waals surface area contributed by atoms with Crippen LogP contribution in [-0.4, -0.2) is 5.25 Å². The minimum atomic E-state index is 0.560. The highest BCUT2D eigenvalue weighted by atomic mass is 32.1. The Morgan fingerprint density at radius 2 is 1.08 bits per heavy atom. The molecule has 86 valence electrons. The van der Waals surface area contributed by atoms with Crippen LogP contribution in [0.15, 0.2) is 0 Å². The molecule has 1 heteroatoms. The SMILES string of the molecule is CC.CC.CC.CCC(C)C(C)S. The summed E-state index contributed by atoms with van der Waals surface area (Å²) in [5.74, 6) is 0.767. The van der Waals surface area contributed by atoms with Gasteiger partial charge in [-0.15, -0.1) is 0 Å². The lowest BCUT2D eigenvalue weighted by atomic mass is 10.1. The highest BCUT2D eigenvalue weighted by Crippen LogP contribution is 2.11. The van der Waals surface area contributed by atoms with Crippen LogP contribution in [0.2, 0.25) is 0 Å². The summed E-state index contributed by atoms with van der Waals surface area (Å²) in [5, 5.41) is 0.560. The van der Waals surface area contributed by atoms with Crippen molar-refractivity contribution in [1.82, 2.24) is 0 Å².